The van der Waals surface area contributed by atoms with E-state index in [9.17, 15) is 14.9 Å². The highest BCUT2D eigenvalue weighted by Crippen LogP contribution is 2.17. The molecule has 7 nitrogen and oxygen atoms in total. The third-order valence-corrected chi connectivity index (χ3v) is 3.14. The van der Waals surface area contributed by atoms with E-state index in [4.69, 9.17) is 17.3 Å². The number of benzene rings is 2. The molecule has 3 N–H and O–H groups in total. The third-order valence-electron chi connectivity index (χ3n) is 2.94. The molecular formula is C15H13N3O4S. The normalized spacial score (nSPS) is 9.96. The van der Waals surface area contributed by atoms with Gasteiger partial charge < -0.3 is 10.4 Å². The Balaban J connectivity index is 2.08. The predicted molar refractivity (Wildman–Crippen MR) is 89.1 cm³/mol. The van der Waals surface area contributed by atoms with E-state index in [1.54, 1.807) is 24.3 Å². The van der Waals surface area contributed by atoms with Gasteiger partial charge in [-0.05, 0) is 36.0 Å². The fraction of sp³-hybridized carbons (Fsp3) is 0.0667. The molecule has 2 rings (SSSR count). The summed E-state index contributed by atoms with van der Waals surface area (Å²) in [4.78, 5) is 22.4. The minimum Gasteiger partial charge on any atom is -0.392 e. The molecule has 0 saturated heterocycles. The summed E-state index contributed by atoms with van der Waals surface area (Å²) in [6, 6.07) is 12.4. The summed E-state index contributed by atoms with van der Waals surface area (Å²) >= 11 is 5.03. The number of nitrogens with one attached hydrogen (secondary N) is 2. The molecule has 118 valence electrons. The van der Waals surface area contributed by atoms with Crippen molar-refractivity contribution in [2.75, 3.05) is 5.32 Å². The van der Waals surface area contributed by atoms with Crippen LogP contribution in [0, 0.1) is 10.1 Å². The topological polar surface area (TPSA) is 104 Å². The maximum absolute atomic E-state index is 12.1. The Labute approximate surface area is 137 Å². The predicted octanol–water partition coefficient (Wildman–Crippen LogP) is 2.21. The van der Waals surface area contributed by atoms with E-state index in [2.05, 4.69) is 10.6 Å². The molecule has 0 aliphatic heterocycles. The first kappa shape index (κ1) is 16.5. The monoisotopic (exact) mass is 331 g/mol. The molecule has 0 heterocycles. The van der Waals surface area contributed by atoms with E-state index in [0.29, 0.717) is 11.3 Å². The molecule has 0 aliphatic carbocycles. The number of anilines is 1. The molecule has 8 heteroatoms. The lowest BCUT2D eigenvalue weighted by atomic mass is 10.1. The minimum absolute atomic E-state index is 0.00300. The number of aliphatic hydroxyl groups excluding tert-OH is 1. The number of carbonyl (C=O) groups excluding carboxylic acids is 1. The second-order valence-corrected chi connectivity index (χ2v) is 4.95. The number of nitrogens with zero attached hydrogens (tertiary/aromatic N) is 1. The smallest absolute Gasteiger partial charge is 0.282 e. The third kappa shape index (κ3) is 4.31. The number of rotatable bonds is 4. The van der Waals surface area contributed by atoms with E-state index in [1.807, 2.05) is 0 Å². The van der Waals surface area contributed by atoms with Crippen LogP contribution >= 0.6 is 12.2 Å². The fourth-order valence-corrected chi connectivity index (χ4v) is 2.12. The molecule has 0 spiro atoms. The van der Waals surface area contributed by atoms with Crippen molar-refractivity contribution in [1.82, 2.24) is 5.32 Å². The molecule has 2 aromatic carbocycles. The van der Waals surface area contributed by atoms with Crippen molar-refractivity contribution in [3.63, 3.8) is 0 Å². The van der Waals surface area contributed by atoms with Crippen molar-refractivity contribution < 1.29 is 14.8 Å². The van der Waals surface area contributed by atoms with Crippen LogP contribution in [-0.4, -0.2) is 21.0 Å². The molecule has 0 fully saturated rings. The van der Waals surface area contributed by atoms with Gasteiger partial charge in [0.15, 0.2) is 5.11 Å². The van der Waals surface area contributed by atoms with Crippen LogP contribution in [0.2, 0.25) is 0 Å². The van der Waals surface area contributed by atoms with Crippen molar-refractivity contribution >= 4 is 34.6 Å². The van der Waals surface area contributed by atoms with Gasteiger partial charge in [-0.1, -0.05) is 24.3 Å². The molecule has 0 unspecified atom stereocenters. The molecule has 0 atom stereocenters. The van der Waals surface area contributed by atoms with Crippen LogP contribution in [0.4, 0.5) is 11.4 Å². The molecular weight excluding hydrogens is 318 g/mol. The average molecular weight is 331 g/mol. The first-order valence-corrected chi connectivity index (χ1v) is 6.97. The van der Waals surface area contributed by atoms with Gasteiger partial charge >= 0.3 is 0 Å². The van der Waals surface area contributed by atoms with Crippen LogP contribution in [-0.2, 0) is 6.61 Å². The highest BCUT2D eigenvalue weighted by atomic mass is 32.1. The summed E-state index contributed by atoms with van der Waals surface area (Å²) in [7, 11) is 0. The summed E-state index contributed by atoms with van der Waals surface area (Å²) in [6.45, 7) is -0.120. The number of carbonyl (C=O) groups is 1. The SMILES string of the molecule is O=C(NC(=S)Nc1cccc(CO)c1)c1ccccc1[N+](=O)[O-]. The van der Waals surface area contributed by atoms with Gasteiger partial charge in [-0.25, -0.2) is 0 Å². The average Bonchev–Trinajstić information content (AvgIpc) is 2.54. The second-order valence-electron chi connectivity index (χ2n) is 4.54. The van der Waals surface area contributed by atoms with Crippen LogP contribution in [0.5, 0.6) is 0 Å². The molecule has 1 amide bonds. The zero-order chi connectivity index (χ0) is 16.8. The number of aliphatic hydroxyl groups is 1. The fourth-order valence-electron chi connectivity index (χ4n) is 1.91. The van der Waals surface area contributed by atoms with E-state index in [-0.39, 0.29) is 23.0 Å². The van der Waals surface area contributed by atoms with Crippen molar-refractivity contribution in [3.05, 3.63) is 69.8 Å². The number of para-hydroxylation sites is 1. The Morgan fingerprint density at radius 3 is 2.65 bits per heavy atom. The van der Waals surface area contributed by atoms with Gasteiger partial charge in [0.1, 0.15) is 5.56 Å². The van der Waals surface area contributed by atoms with Crippen LogP contribution in [0.25, 0.3) is 0 Å². The first-order valence-electron chi connectivity index (χ1n) is 6.57. The number of nitro groups is 1. The largest absolute Gasteiger partial charge is 0.392 e. The van der Waals surface area contributed by atoms with Gasteiger partial charge in [-0.15, -0.1) is 0 Å². The van der Waals surface area contributed by atoms with Crippen molar-refractivity contribution in [2.24, 2.45) is 0 Å². The lowest BCUT2D eigenvalue weighted by molar-refractivity contribution is -0.385. The van der Waals surface area contributed by atoms with Crippen molar-refractivity contribution in [2.45, 2.75) is 6.61 Å². The lowest BCUT2D eigenvalue weighted by Crippen LogP contribution is -2.34. The van der Waals surface area contributed by atoms with E-state index in [1.165, 1.54) is 24.3 Å². The molecule has 23 heavy (non-hydrogen) atoms. The molecule has 2 aromatic rings. The quantitative estimate of drug-likeness (QED) is 0.451. The zero-order valence-electron chi connectivity index (χ0n) is 11.9. The Hall–Kier alpha value is -2.84. The molecule has 0 bridgehead atoms. The van der Waals surface area contributed by atoms with E-state index >= 15 is 0 Å². The molecule has 0 aromatic heterocycles. The standard InChI is InChI=1S/C15H13N3O4S/c19-9-10-4-3-5-11(8-10)16-15(23)17-14(20)12-6-1-2-7-13(12)18(21)22/h1-8,19H,9H2,(H2,16,17,20,23). The maximum atomic E-state index is 12.1. The van der Waals surface area contributed by atoms with Gasteiger partial charge in [0.05, 0.1) is 11.5 Å². The van der Waals surface area contributed by atoms with Gasteiger partial charge in [0.25, 0.3) is 11.6 Å². The van der Waals surface area contributed by atoms with Gasteiger partial charge in [0.2, 0.25) is 0 Å². The molecule has 0 aliphatic rings. The summed E-state index contributed by atoms with van der Waals surface area (Å²) in [5.41, 5.74) is 0.896. The Kier molecular flexibility index (Phi) is 5.34. The van der Waals surface area contributed by atoms with E-state index in [0.717, 1.165) is 0 Å². The van der Waals surface area contributed by atoms with Gasteiger partial charge in [-0.2, -0.15) is 0 Å². The van der Waals surface area contributed by atoms with Crippen molar-refractivity contribution in [1.29, 1.82) is 0 Å². The highest BCUT2D eigenvalue weighted by molar-refractivity contribution is 7.80. The first-order chi connectivity index (χ1) is 11.0. The number of hydrogen-bond acceptors (Lipinski definition) is 5. The summed E-state index contributed by atoms with van der Waals surface area (Å²) in [6.07, 6.45) is 0. The zero-order valence-corrected chi connectivity index (χ0v) is 12.7. The summed E-state index contributed by atoms with van der Waals surface area (Å²) < 4.78 is 0. The lowest BCUT2D eigenvalue weighted by Gasteiger charge is -2.10. The van der Waals surface area contributed by atoms with Crippen LogP contribution in [0.1, 0.15) is 15.9 Å². The summed E-state index contributed by atoms with van der Waals surface area (Å²) in [5, 5.41) is 25.2. The van der Waals surface area contributed by atoms with Crippen molar-refractivity contribution in [3.8, 4) is 0 Å². The summed E-state index contributed by atoms with van der Waals surface area (Å²) in [5.74, 6) is -0.673. The van der Waals surface area contributed by atoms with Crippen LogP contribution in [0.15, 0.2) is 48.5 Å². The maximum Gasteiger partial charge on any atom is 0.282 e. The number of thiocarbonyl (C=S) groups is 1. The Morgan fingerprint density at radius 2 is 1.96 bits per heavy atom. The van der Waals surface area contributed by atoms with Gasteiger partial charge in [0, 0.05) is 11.8 Å². The number of hydrogen-bond donors (Lipinski definition) is 3. The molecule has 0 radical (unpaired) electrons. The second kappa shape index (κ2) is 7.43. The molecule has 0 saturated carbocycles. The number of amides is 1. The van der Waals surface area contributed by atoms with Crippen LogP contribution in [0.3, 0.4) is 0 Å². The van der Waals surface area contributed by atoms with Gasteiger partial charge in [-0.3, -0.25) is 20.2 Å². The minimum atomic E-state index is -0.673. The Bertz CT molecular complexity index is 764. The number of nitro benzene ring substituents is 1. The van der Waals surface area contributed by atoms with E-state index < -0.39 is 10.8 Å². The van der Waals surface area contributed by atoms with Crippen LogP contribution < -0.4 is 10.6 Å². The Morgan fingerprint density at radius 1 is 1.22 bits per heavy atom. The highest BCUT2D eigenvalue weighted by Gasteiger charge is 2.19.